The van der Waals surface area contributed by atoms with E-state index in [0.717, 1.165) is 5.57 Å². The monoisotopic (exact) mass is 429 g/mol. The molecule has 0 saturated carbocycles. The topological polar surface area (TPSA) is 72.9 Å². The maximum absolute atomic E-state index is 13.3. The molecule has 1 aliphatic heterocycles. The highest BCUT2D eigenvalue weighted by molar-refractivity contribution is 5.97. The van der Waals surface area contributed by atoms with Crippen molar-refractivity contribution in [2.24, 2.45) is 11.8 Å². The van der Waals surface area contributed by atoms with E-state index in [1.54, 1.807) is 65.8 Å². The van der Waals surface area contributed by atoms with Crippen LogP contribution in [0.3, 0.4) is 0 Å². The highest BCUT2D eigenvalue weighted by atomic mass is 16.6. The van der Waals surface area contributed by atoms with Crippen LogP contribution in [0.15, 0.2) is 42.5 Å². The fourth-order valence-electron chi connectivity index (χ4n) is 3.88. The minimum atomic E-state index is -0.902. The van der Waals surface area contributed by atoms with Crippen molar-refractivity contribution in [3.8, 4) is 0 Å². The van der Waals surface area contributed by atoms with Gasteiger partial charge in [-0.25, -0.2) is 4.79 Å². The van der Waals surface area contributed by atoms with Gasteiger partial charge in [-0.15, -0.1) is 0 Å². The van der Waals surface area contributed by atoms with Gasteiger partial charge < -0.3 is 14.4 Å². The van der Waals surface area contributed by atoms with Crippen molar-refractivity contribution in [2.75, 3.05) is 6.54 Å². The van der Waals surface area contributed by atoms with Crippen molar-refractivity contribution in [3.63, 3.8) is 0 Å². The van der Waals surface area contributed by atoms with Crippen molar-refractivity contribution in [3.05, 3.63) is 48.0 Å². The number of hydrogen-bond acceptors (Lipinski definition) is 5. The highest BCUT2D eigenvalue weighted by Crippen LogP contribution is 2.39. The highest BCUT2D eigenvalue weighted by Gasteiger charge is 2.50. The average Bonchev–Trinajstić information content (AvgIpc) is 2.98. The van der Waals surface area contributed by atoms with E-state index in [0.29, 0.717) is 12.1 Å². The van der Waals surface area contributed by atoms with E-state index >= 15 is 0 Å². The molecule has 6 nitrogen and oxygen atoms in total. The van der Waals surface area contributed by atoms with Gasteiger partial charge in [0.05, 0.1) is 6.42 Å². The first kappa shape index (κ1) is 24.6. The third-order valence-electron chi connectivity index (χ3n) is 5.04. The molecule has 31 heavy (non-hydrogen) atoms. The molecule has 6 heteroatoms. The maximum Gasteiger partial charge on any atom is 0.329 e. The quantitative estimate of drug-likeness (QED) is 0.513. The summed E-state index contributed by atoms with van der Waals surface area (Å²) in [5.41, 5.74) is -0.0778. The number of benzene rings is 1. The predicted octanol–water partition coefficient (Wildman–Crippen LogP) is 4.39. The summed E-state index contributed by atoms with van der Waals surface area (Å²) in [4.78, 5) is 40.8. The molecule has 1 heterocycles. The predicted molar refractivity (Wildman–Crippen MR) is 119 cm³/mol. The fraction of sp³-hybridized carbons (Fsp3) is 0.560. The van der Waals surface area contributed by atoms with Gasteiger partial charge in [0.1, 0.15) is 17.2 Å². The molecule has 0 aliphatic carbocycles. The van der Waals surface area contributed by atoms with E-state index in [1.807, 2.05) is 13.0 Å². The first-order valence-electron chi connectivity index (χ1n) is 10.7. The van der Waals surface area contributed by atoms with E-state index < -0.39 is 35.1 Å². The number of amides is 1. The first-order chi connectivity index (χ1) is 14.2. The molecule has 1 amide bonds. The lowest BCUT2D eigenvalue weighted by Gasteiger charge is -2.30. The molecule has 1 aliphatic rings. The number of hydrogen-bond donors (Lipinski definition) is 0. The molecule has 1 fully saturated rings. The zero-order valence-electron chi connectivity index (χ0n) is 19.7. The second-order valence-corrected chi connectivity index (χ2v) is 10.2. The van der Waals surface area contributed by atoms with Crippen LogP contribution >= 0.6 is 0 Å². The number of ether oxygens (including phenoxy) is 2. The van der Waals surface area contributed by atoms with Crippen LogP contribution < -0.4 is 0 Å². The number of carbonyl (C=O) groups is 3. The molecule has 1 aromatic carbocycles. The summed E-state index contributed by atoms with van der Waals surface area (Å²) >= 11 is 0. The molecule has 0 spiro atoms. The summed E-state index contributed by atoms with van der Waals surface area (Å²) in [6.45, 7) is 16.9. The lowest BCUT2D eigenvalue weighted by Crippen LogP contribution is -2.46. The number of carbonyl (C=O) groups excluding carboxylic acids is 3. The lowest BCUT2D eigenvalue weighted by molar-refractivity contribution is -0.162. The molecule has 0 bridgehead atoms. The van der Waals surface area contributed by atoms with Crippen LogP contribution in [-0.2, 0) is 19.1 Å². The Morgan fingerprint density at radius 2 is 1.55 bits per heavy atom. The molecule has 0 unspecified atom stereocenters. The van der Waals surface area contributed by atoms with Gasteiger partial charge in [-0.3, -0.25) is 9.59 Å². The molecule has 0 aromatic heterocycles. The third-order valence-corrected chi connectivity index (χ3v) is 5.04. The number of likely N-dealkylation sites (tertiary alicyclic amines) is 1. The smallest absolute Gasteiger partial charge is 0.329 e. The summed E-state index contributed by atoms with van der Waals surface area (Å²) in [6.07, 6.45) is -0.00270. The van der Waals surface area contributed by atoms with Crippen molar-refractivity contribution in [1.29, 1.82) is 0 Å². The summed E-state index contributed by atoms with van der Waals surface area (Å²) in [6, 6.07) is 7.91. The molecule has 1 saturated heterocycles. The molecule has 2 rings (SSSR count). The van der Waals surface area contributed by atoms with Gasteiger partial charge in [-0.2, -0.15) is 0 Å². The summed E-state index contributed by atoms with van der Waals surface area (Å²) in [7, 11) is 0. The lowest BCUT2D eigenvalue weighted by atomic mass is 9.83. The van der Waals surface area contributed by atoms with Crippen LogP contribution in [0.5, 0.6) is 0 Å². The van der Waals surface area contributed by atoms with Crippen LogP contribution in [0.2, 0.25) is 0 Å². The molecule has 0 radical (unpaired) electrons. The Morgan fingerprint density at radius 3 is 2.03 bits per heavy atom. The zero-order chi connectivity index (χ0) is 23.6. The maximum atomic E-state index is 13.3. The minimum absolute atomic E-state index is 0.00270. The Kier molecular flexibility index (Phi) is 7.35. The largest absolute Gasteiger partial charge is 0.460 e. The van der Waals surface area contributed by atoms with E-state index in [4.69, 9.17) is 9.47 Å². The molecule has 1 aromatic rings. The standard InChI is InChI=1S/C25H35NO5/c1-16(2)19-15-26(22(28)17-12-10-9-11-13-17)21(23(29)31-25(6,7)8)18(19)14-20(27)30-24(3,4)5/h9-13,18-19,21H,1,14-15H2,2-8H3/t18-,19+,21-/m0/s1. The second-order valence-electron chi connectivity index (χ2n) is 10.2. The first-order valence-corrected chi connectivity index (χ1v) is 10.7. The number of rotatable bonds is 5. The molecular formula is C25H35NO5. The Balaban J connectivity index is 2.44. The van der Waals surface area contributed by atoms with Crippen molar-refractivity contribution < 1.29 is 23.9 Å². The number of nitrogens with zero attached hydrogens (tertiary/aromatic N) is 1. The molecular weight excluding hydrogens is 394 g/mol. The van der Waals surface area contributed by atoms with Gasteiger partial charge in [0.2, 0.25) is 0 Å². The van der Waals surface area contributed by atoms with Gasteiger partial charge in [-0.1, -0.05) is 30.4 Å². The minimum Gasteiger partial charge on any atom is -0.460 e. The van der Waals surface area contributed by atoms with Crippen LogP contribution in [0.4, 0.5) is 0 Å². The Labute approximate surface area is 185 Å². The normalized spacial score (nSPS) is 21.5. The van der Waals surface area contributed by atoms with Gasteiger partial charge in [0, 0.05) is 23.9 Å². The van der Waals surface area contributed by atoms with Crippen LogP contribution in [-0.4, -0.2) is 46.5 Å². The Morgan fingerprint density at radius 1 is 1.00 bits per heavy atom. The SMILES string of the molecule is C=C(C)[C@H]1CN(C(=O)c2ccccc2)[C@H](C(=O)OC(C)(C)C)[C@H]1CC(=O)OC(C)(C)C. The van der Waals surface area contributed by atoms with Crippen LogP contribution in [0.25, 0.3) is 0 Å². The third kappa shape index (κ3) is 6.68. The summed E-state index contributed by atoms with van der Waals surface area (Å²) < 4.78 is 11.2. The Bertz CT molecular complexity index is 832. The second kappa shape index (κ2) is 9.25. The van der Waals surface area contributed by atoms with Crippen LogP contribution in [0.1, 0.15) is 65.2 Å². The van der Waals surface area contributed by atoms with Gasteiger partial charge in [-0.05, 0) is 60.6 Å². The fourth-order valence-corrected chi connectivity index (χ4v) is 3.88. The molecule has 3 atom stereocenters. The summed E-state index contributed by atoms with van der Waals surface area (Å²) in [5.74, 6) is -1.90. The Hall–Kier alpha value is -2.63. The van der Waals surface area contributed by atoms with E-state index in [1.165, 1.54) is 4.90 Å². The van der Waals surface area contributed by atoms with Gasteiger partial charge >= 0.3 is 11.9 Å². The number of esters is 2. The van der Waals surface area contributed by atoms with Crippen molar-refractivity contribution >= 4 is 17.8 Å². The molecule has 0 N–H and O–H groups in total. The van der Waals surface area contributed by atoms with Crippen LogP contribution in [0, 0.1) is 11.8 Å². The average molecular weight is 430 g/mol. The van der Waals surface area contributed by atoms with E-state index in [9.17, 15) is 14.4 Å². The van der Waals surface area contributed by atoms with Gasteiger partial charge in [0.15, 0.2) is 0 Å². The molecule has 170 valence electrons. The zero-order valence-corrected chi connectivity index (χ0v) is 19.7. The van der Waals surface area contributed by atoms with E-state index in [-0.39, 0.29) is 18.2 Å². The van der Waals surface area contributed by atoms with Crippen molar-refractivity contribution in [1.82, 2.24) is 4.90 Å². The van der Waals surface area contributed by atoms with Crippen molar-refractivity contribution in [2.45, 2.75) is 72.1 Å². The van der Waals surface area contributed by atoms with E-state index in [2.05, 4.69) is 6.58 Å². The summed E-state index contributed by atoms with van der Waals surface area (Å²) in [5, 5.41) is 0. The van der Waals surface area contributed by atoms with Gasteiger partial charge in [0.25, 0.3) is 5.91 Å².